The molecule has 11 nitrogen and oxygen atoms in total. The number of fused-ring (bicyclic) bond motifs is 2. The molecule has 15 heteroatoms. The van der Waals surface area contributed by atoms with Crippen LogP contribution in [0.4, 0.5) is 11.6 Å². The van der Waals surface area contributed by atoms with Crippen LogP contribution >= 0.6 is 39.1 Å². The fourth-order valence-corrected chi connectivity index (χ4v) is 6.06. The minimum absolute atomic E-state index is 0.378. The van der Waals surface area contributed by atoms with Crippen LogP contribution in [0.15, 0.2) is 113 Å². The zero-order chi connectivity index (χ0) is 35.2. The van der Waals surface area contributed by atoms with Crippen molar-refractivity contribution in [2.45, 2.75) is 6.54 Å². The highest BCUT2D eigenvalue weighted by atomic mass is 79.9. The van der Waals surface area contributed by atoms with Crippen molar-refractivity contribution in [1.82, 2.24) is 30.1 Å². The fourth-order valence-electron chi connectivity index (χ4n) is 5.08. The number of H-pyrrole nitrogens is 1. The standard InChI is InChI=1S/C17H12ClN5.C10H8BrN3.C8H7BClNO2/c18-13-7-11(6-12-8-21-23-15(12)13)16-17(22-14(19)9-20-16)10-4-2-1-3-5-10;11-10-9(14-8(12)6-13-10)7-4-2-1-3-5-7;10-8-2-6(9(12)13)1-5-3-11-4-7(5)8/h1-9H,(H2,19,22)(H,21,23);1-6H,(H2,12,14);1-3,12-13H,4H2. The van der Waals surface area contributed by atoms with Gasteiger partial charge in [0.2, 0.25) is 0 Å². The lowest BCUT2D eigenvalue weighted by Gasteiger charge is -2.10. The van der Waals surface area contributed by atoms with Crippen molar-refractivity contribution in [3.05, 3.63) is 129 Å². The summed E-state index contributed by atoms with van der Waals surface area (Å²) in [5, 5.41) is 26.8. The molecule has 7 N–H and O–H groups in total. The topological polar surface area (TPSA) is 185 Å². The molecule has 1 aliphatic heterocycles. The van der Waals surface area contributed by atoms with Gasteiger partial charge < -0.3 is 21.5 Å². The number of aromatic amines is 1. The van der Waals surface area contributed by atoms with E-state index in [0.717, 1.165) is 55.8 Å². The number of aromatic nitrogens is 6. The van der Waals surface area contributed by atoms with Crippen LogP contribution in [-0.4, -0.2) is 53.5 Å². The largest absolute Gasteiger partial charge is 0.488 e. The van der Waals surface area contributed by atoms with Gasteiger partial charge in [-0.05, 0) is 45.2 Å². The molecule has 0 saturated heterocycles. The number of nitrogen functional groups attached to an aromatic ring is 2. The highest BCUT2D eigenvalue weighted by Crippen LogP contribution is 2.34. The first-order valence-corrected chi connectivity index (χ1v) is 16.6. The number of aliphatic imine (C=N–C) groups is 1. The molecule has 0 fully saturated rings. The van der Waals surface area contributed by atoms with Crippen LogP contribution in [0.1, 0.15) is 11.1 Å². The molecule has 0 bridgehead atoms. The maximum atomic E-state index is 8.93. The molecule has 4 aromatic carbocycles. The van der Waals surface area contributed by atoms with E-state index in [1.54, 1.807) is 30.7 Å². The quantitative estimate of drug-likeness (QED) is 0.127. The predicted octanol–water partition coefficient (Wildman–Crippen LogP) is 6.36. The molecule has 0 aliphatic carbocycles. The zero-order valence-electron chi connectivity index (χ0n) is 26.0. The second-order valence-electron chi connectivity index (χ2n) is 10.9. The third-order valence-corrected chi connectivity index (χ3v) is 8.65. The number of anilines is 2. The Bertz CT molecular complexity index is 2310. The van der Waals surface area contributed by atoms with Gasteiger partial charge in [0.25, 0.3) is 0 Å². The first-order chi connectivity index (χ1) is 24.2. The van der Waals surface area contributed by atoms with Gasteiger partial charge in [-0.3, -0.25) is 15.1 Å². The van der Waals surface area contributed by atoms with Gasteiger partial charge in [-0.1, -0.05) is 89.9 Å². The van der Waals surface area contributed by atoms with Crippen LogP contribution in [0.5, 0.6) is 0 Å². The van der Waals surface area contributed by atoms with Crippen LogP contribution in [0.2, 0.25) is 10.0 Å². The van der Waals surface area contributed by atoms with E-state index in [4.69, 9.17) is 44.7 Å². The smallest absolute Gasteiger partial charge is 0.423 e. The van der Waals surface area contributed by atoms with E-state index in [1.807, 2.05) is 72.8 Å². The van der Waals surface area contributed by atoms with E-state index in [-0.39, 0.29) is 0 Å². The Kier molecular flexibility index (Phi) is 10.8. The maximum absolute atomic E-state index is 8.93. The minimum atomic E-state index is -1.48. The monoisotopic (exact) mass is 765 g/mol. The van der Waals surface area contributed by atoms with Gasteiger partial charge in [-0.2, -0.15) is 5.10 Å². The second kappa shape index (κ2) is 15.6. The lowest BCUT2D eigenvalue weighted by Crippen LogP contribution is -2.30. The molecule has 0 amide bonds. The van der Waals surface area contributed by atoms with Crippen molar-refractivity contribution in [3.63, 3.8) is 0 Å². The third-order valence-electron chi connectivity index (χ3n) is 7.44. The average molecular weight is 767 g/mol. The van der Waals surface area contributed by atoms with Crippen LogP contribution in [0.25, 0.3) is 44.7 Å². The highest BCUT2D eigenvalue weighted by Gasteiger charge is 2.18. The van der Waals surface area contributed by atoms with Gasteiger partial charge in [0.05, 0.1) is 47.1 Å². The molecule has 1 aliphatic rings. The van der Waals surface area contributed by atoms with Crippen LogP contribution < -0.4 is 16.9 Å². The number of nitrogens with zero attached hydrogens (tertiary/aromatic N) is 6. The van der Waals surface area contributed by atoms with Gasteiger partial charge in [0, 0.05) is 38.9 Å². The number of nitrogens with two attached hydrogens (primary N) is 2. The predicted molar refractivity (Wildman–Crippen MR) is 204 cm³/mol. The summed E-state index contributed by atoms with van der Waals surface area (Å²) in [5.74, 6) is 0.801. The van der Waals surface area contributed by atoms with E-state index in [1.165, 1.54) is 6.20 Å². The van der Waals surface area contributed by atoms with Crippen molar-refractivity contribution in [2.24, 2.45) is 4.99 Å². The molecule has 0 atom stereocenters. The SMILES string of the molecule is Nc1cnc(-c2cc(Cl)c3[nH]ncc3c2)c(-c2ccccc2)n1.Nc1cnc(Br)c(-c2ccccc2)n1.OB(O)c1cc(Cl)c2c(c1)C=NC2. The Morgan fingerprint density at radius 3 is 2.04 bits per heavy atom. The summed E-state index contributed by atoms with van der Waals surface area (Å²) in [7, 11) is -1.48. The van der Waals surface area contributed by atoms with E-state index in [2.05, 4.69) is 51.1 Å². The summed E-state index contributed by atoms with van der Waals surface area (Å²) in [6.07, 6.45) is 6.50. The molecule has 0 radical (unpaired) electrons. The van der Waals surface area contributed by atoms with Crippen LogP contribution in [0.3, 0.4) is 0 Å². The molecule has 3 aromatic heterocycles. The Morgan fingerprint density at radius 1 is 0.720 bits per heavy atom. The normalized spacial score (nSPS) is 11.3. The van der Waals surface area contributed by atoms with Gasteiger partial charge in [-0.25, -0.2) is 15.0 Å². The van der Waals surface area contributed by atoms with Crippen molar-refractivity contribution in [3.8, 4) is 33.8 Å². The first-order valence-electron chi connectivity index (χ1n) is 15.0. The van der Waals surface area contributed by atoms with Gasteiger partial charge >= 0.3 is 7.12 Å². The summed E-state index contributed by atoms with van der Waals surface area (Å²) in [6, 6.07) is 26.7. The van der Waals surface area contributed by atoms with Crippen molar-refractivity contribution >= 4 is 80.5 Å². The molecular formula is C35H27BBrCl2N9O2. The zero-order valence-corrected chi connectivity index (χ0v) is 29.1. The fraction of sp³-hybridized carbons (Fsp3) is 0.0286. The van der Waals surface area contributed by atoms with E-state index < -0.39 is 7.12 Å². The van der Waals surface area contributed by atoms with Crippen LogP contribution in [-0.2, 0) is 6.54 Å². The van der Waals surface area contributed by atoms with Crippen LogP contribution in [0, 0.1) is 0 Å². The summed E-state index contributed by atoms with van der Waals surface area (Å²) in [5.41, 5.74) is 19.5. The molecular weight excluding hydrogens is 740 g/mol. The third kappa shape index (κ3) is 7.99. The van der Waals surface area contributed by atoms with Crippen molar-refractivity contribution in [1.29, 1.82) is 0 Å². The number of benzene rings is 4. The van der Waals surface area contributed by atoms with Gasteiger partial charge in [0.1, 0.15) is 21.9 Å². The van der Waals surface area contributed by atoms with E-state index in [9.17, 15) is 0 Å². The number of halogens is 3. The van der Waals surface area contributed by atoms with Crippen molar-refractivity contribution in [2.75, 3.05) is 11.5 Å². The lowest BCUT2D eigenvalue weighted by molar-refractivity contribution is 0.426. The molecule has 0 unspecified atom stereocenters. The number of hydrogen-bond donors (Lipinski definition) is 5. The number of rotatable bonds is 4. The van der Waals surface area contributed by atoms with E-state index in [0.29, 0.717) is 38.3 Å². The Balaban J connectivity index is 0.000000138. The molecule has 0 saturated carbocycles. The molecule has 8 rings (SSSR count). The van der Waals surface area contributed by atoms with Gasteiger partial charge in [0.15, 0.2) is 0 Å². The Labute approximate surface area is 305 Å². The number of nitrogens with one attached hydrogen (secondary N) is 1. The summed E-state index contributed by atoms with van der Waals surface area (Å²) < 4.78 is 0.706. The average Bonchev–Trinajstić information content (AvgIpc) is 3.81. The van der Waals surface area contributed by atoms with E-state index >= 15 is 0 Å². The minimum Gasteiger partial charge on any atom is -0.423 e. The van der Waals surface area contributed by atoms with Gasteiger partial charge in [-0.15, -0.1) is 0 Å². The molecule has 248 valence electrons. The Hall–Kier alpha value is -5.18. The first kappa shape index (κ1) is 34.7. The molecule has 0 spiro atoms. The lowest BCUT2D eigenvalue weighted by atomic mass is 9.79. The second-order valence-corrected chi connectivity index (χ2v) is 12.4. The molecule has 7 aromatic rings. The maximum Gasteiger partial charge on any atom is 0.488 e. The highest BCUT2D eigenvalue weighted by molar-refractivity contribution is 9.10. The summed E-state index contributed by atoms with van der Waals surface area (Å²) in [4.78, 5) is 21.3. The number of hydrogen-bond acceptors (Lipinski definition) is 10. The summed E-state index contributed by atoms with van der Waals surface area (Å²) >= 11 is 15.6. The summed E-state index contributed by atoms with van der Waals surface area (Å²) in [6.45, 7) is 0.579. The van der Waals surface area contributed by atoms with Crippen molar-refractivity contribution < 1.29 is 10.0 Å². The molecule has 50 heavy (non-hydrogen) atoms. The Morgan fingerprint density at radius 2 is 1.36 bits per heavy atom. The molecule has 4 heterocycles.